The Bertz CT molecular complexity index is 1100. The minimum atomic E-state index is -0.291. The molecule has 0 unspecified atom stereocenters. The lowest BCUT2D eigenvalue weighted by molar-refractivity contribution is 0.0992. The van der Waals surface area contributed by atoms with Gasteiger partial charge >= 0.3 is 0 Å². The molecular weight excluding hydrogens is 374 g/mol. The molecule has 0 bridgehead atoms. The number of carbonyl (C=O) groups excluding carboxylic acids is 1. The number of benzene rings is 3. The van der Waals surface area contributed by atoms with Crippen molar-refractivity contribution in [1.82, 2.24) is 0 Å². The molecule has 4 rings (SSSR count). The molecular formula is C26H23NO3. The third-order valence-corrected chi connectivity index (χ3v) is 4.85. The molecule has 0 aliphatic rings. The number of hydrogen-bond donors (Lipinski definition) is 1. The molecule has 1 amide bonds. The van der Waals surface area contributed by atoms with E-state index >= 15 is 0 Å². The summed E-state index contributed by atoms with van der Waals surface area (Å²) in [6.45, 7) is 2.38. The zero-order valence-electron chi connectivity index (χ0n) is 16.8. The van der Waals surface area contributed by atoms with Gasteiger partial charge in [0.25, 0.3) is 5.91 Å². The minimum absolute atomic E-state index is 0.252. The highest BCUT2D eigenvalue weighted by molar-refractivity contribution is 6.02. The molecule has 0 radical (unpaired) electrons. The first-order valence-corrected chi connectivity index (χ1v) is 9.98. The number of carbonyl (C=O) groups is 1. The molecule has 0 fully saturated rings. The first kappa shape index (κ1) is 19.5. The molecule has 0 saturated heterocycles. The number of anilines is 1. The predicted molar refractivity (Wildman–Crippen MR) is 119 cm³/mol. The summed E-state index contributed by atoms with van der Waals surface area (Å²) in [4.78, 5) is 12.5. The van der Waals surface area contributed by atoms with E-state index in [1.165, 1.54) is 5.56 Å². The molecule has 1 heterocycles. The van der Waals surface area contributed by atoms with Crippen LogP contribution in [-0.4, -0.2) is 5.91 Å². The fourth-order valence-electron chi connectivity index (χ4n) is 3.12. The van der Waals surface area contributed by atoms with Crippen LogP contribution in [0.15, 0.2) is 95.4 Å². The summed E-state index contributed by atoms with van der Waals surface area (Å²) in [6.07, 6.45) is 0.992. The normalized spacial score (nSPS) is 10.6. The largest absolute Gasteiger partial charge is 0.486 e. The van der Waals surface area contributed by atoms with Gasteiger partial charge in [0.1, 0.15) is 18.1 Å². The van der Waals surface area contributed by atoms with E-state index in [0.29, 0.717) is 11.4 Å². The van der Waals surface area contributed by atoms with Crippen LogP contribution in [0.1, 0.15) is 28.8 Å². The van der Waals surface area contributed by atoms with Crippen molar-refractivity contribution in [3.05, 3.63) is 108 Å². The highest BCUT2D eigenvalue weighted by Crippen LogP contribution is 2.22. The van der Waals surface area contributed by atoms with Crippen LogP contribution in [0.3, 0.4) is 0 Å². The van der Waals surface area contributed by atoms with E-state index in [9.17, 15) is 4.79 Å². The molecule has 3 aromatic carbocycles. The van der Waals surface area contributed by atoms with Crippen LogP contribution >= 0.6 is 0 Å². The monoisotopic (exact) mass is 397 g/mol. The topological polar surface area (TPSA) is 51.5 Å². The Balaban J connectivity index is 1.34. The maximum atomic E-state index is 12.5. The number of amides is 1. The molecule has 0 spiro atoms. The standard InChI is InChI=1S/C26H23NO3/c1-2-19-8-14-23(15-9-19)29-18-24-16-17-25(30-24)26(28)27-22-12-10-21(11-13-22)20-6-4-3-5-7-20/h3-17H,2,18H2,1H3,(H,27,28). The molecule has 0 aliphatic heterocycles. The predicted octanol–water partition coefficient (Wildman–Crippen LogP) is 6.34. The smallest absolute Gasteiger partial charge is 0.291 e. The Morgan fingerprint density at radius 3 is 2.23 bits per heavy atom. The summed E-state index contributed by atoms with van der Waals surface area (Å²) in [7, 11) is 0. The minimum Gasteiger partial charge on any atom is -0.486 e. The molecule has 0 atom stereocenters. The second kappa shape index (κ2) is 9.14. The van der Waals surface area contributed by atoms with Crippen molar-refractivity contribution in [2.75, 3.05) is 5.32 Å². The highest BCUT2D eigenvalue weighted by atomic mass is 16.5. The van der Waals surface area contributed by atoms with Gasteiger partial charge in [-0.2, -0.15) is 0 Å². The van der Waals surface area contributed by atoms with Gasteiger partial charge in [-0.25, -0.2) is 0 Å². The van der Waals surface area contributed by atoms with Gasteiger partial charge in [0.15, 0.2) is 5.76 Å². The molecule has 0 saturated carbocycles. The average Bonchev–Trinajstić information content (AvgIpc) is 3.28. The van der Waals surface area contributed by atoms with Crippen molar-refractivity contribution in [2.24, 2.45) is 0 Å². The molecule has 150 valence electrons. The second-order valence-corrected chi connectivity index (χ2v) is 6.95. The van der Waals surface area contributed by atoms with Gasteiger partial charge in [-0.05, 0) is 59.5 Å². The lowest BCUT2D eigenvalue weighted by Gasteiger charge is -2.06. The van der Waals surface area contributed by atoms with Crippen LogP contribution in [0.2, 0.25) is 0 Å². The van der Waals surface area contributed by atoms with Crippen molar-refractivity contribution in [2.45, 2.75) is 20.0 Å². The molecule has 4 nitrogen and oxygen atoms in total. The lowest BCUT2D eigenvalue weighted by atomic mass is 10.1. The van der Waals surface area contributed by atoms with Crippen molar-refractivity contribution in [3.63, 3.8) is 0 Å². The van der Waals surface area contributed by atoms with Crippen LogP contribution in [0, 0.1) is 0 Å². The zero-order chi connectivity index (χ0) is 20.8. The summed E-state index contributed by atoms with van der Waals surface area (Å²) in [6, 6.07) is 29.2. The number of furan rings is 1. The molecule has 4 heteroatoms. The SMILES string of the molecule is CCc1ccc(OCc2ccc(C(=O)Nc3ccc(-c4ccccc4)cc3)o2)cc1. The van der Waals surface area contributed by atoms with Crippen molar-refractivity contribution < 1.29 is 13.9 Å². The summed E-state index contributed by atoms with van der Waals surface area (Å²) < 4.78 is 11.4. The van der Waals surface area contributed by atoms with Crippen molar-refractivity contribution in [3.8, 4) is 16.9 Å². The van der Waals surface area contributed by atoms with E-state index in [1.807, 2.05) is 66.7 Å². The molecule has 1 N–H and O–H groups in total. The van der Waals surface area contributed by atoms with E-state index in [4.69, 9.17) is 9.15 Å². The Kier molecular flexibility index (Phi) is 5.95. The summed E-state index contributed by atoms with van der Waals surface area (Å²) >= 11 is 0. The van der Waals surface area contributed by atoms with E-state index in [0.717, 1.165) is 23.3 Å². The lowest BCUT2D eigenvalue weighted by Crippen LogP contribution is -2.10. The van der Waals surface area contributed by atoms with Gasteiger partial charge in [-0.3, -0.25) is 4.79 Å². The van der Waals surface area contributed by atoms with Gasteiger partial charge < -0.3 is 14.5 Å². The third kappa shape index (κ3) is 4.78. The number of hydrogen-bond acceptors (Lipinski definition) is 3. The number of ether oxygens (including phenoxy) is 1. The molecule has 1 aromatic heterocycles. The van der Waals surface area contributed by atoms with Crippen LogP contribution in [0.4, 0.5) is 5.69 Å². The van der Waals surface area contributed by atoms with E-state index < -0.39 is 0 Å². The maximum Gasteiger partial charge on any atom is 0.291 e. The number of aryl methyl sites for hydroxylation is 1. The summed E-state index contributed by atoms with van der Waals surface area (Å²) in [5.74, 6) is 1.33. The van der Waals surface area contributed by atoms with Crippen molar-refractivity contribution in [1.29, 1.82) is 0 Å². The fourth-order valence-corrected chi connectivity index (χ4v) is 3.12. The van der Waals surface area contributed by atoms with E-state index in [-0.39, 0.29) is 18.3 Å². The van der Waals surface area contributed by atoms with Gasteiger partial charge in [0.05, 0.1) is 0 Å². The maximum absolute atomic E-state index is 12.5. The van der Waals surface area contributed by atoms with E-state index in [2.05, 4.69) is 24.4 Å². The molecule has 4 aromatic rings. The fraction of sp³-hybridized carbons (Fsp3) is 0.115. The van der Waals surface area contributed by atoms with Gasteiger partial charge in [-0.1, -0.05) is 61.5 Å². The Labute approximate surface area is 176 Å². The van der Waals surface area contributed by atoms with Crippen LogP contribution in [0.25, 0.3) is 11.1 Å². The Hall–Kier alpha value is -3.79. The summed E-state index contributed by atoms with van der Waals surface area (Å²) in [5, 5.41) is 2.86. The second-order valence-electron chi connectivity index (χ2n) is 6.95. The van der Waals surface area contributed by atoms with Gasteiger partial charge in [0, 0.05) is 5.69 Å². The number of nitrogens with one attached hydrogen (secondary N) is 1. The van der Waals surface area contributed by atoms with Crippen LogP contribution in [0.5, 0.6) is 5.75 Å². The average molecular weight is 397 g/mol. The first-order valence-electron chi connectivity index (χ1n) is 9.98. The van der Waals surface area contributed by atoms with Gasteiger partial charge in [0.2, 0.25) is 0 Å². The van der Waals surface area contributed by atoms with Gasteiger partial charge in [-0.15, -0.1) is 0 Å². The number of rotatable bonds is 7. The first-order chi connectivity index (χ1) is 14.7. The Morgan fingerprint density at radius 1 is 0.833 bits per heavy atom. The van der Waals surface area contributed by atoms with Crippen LogP contribution in [-0.2, 0) is 13.0 Å². The van der Waals surface area contributed by atoms with Crippen molar-refractivity contribution >= 4 is 11.6 Å². The quantitative estimate of drug-likeness (QED) is 0.396. The van der Waals surface area contributed by atoms with Crippen LogP contribution < -0.4 is 10.1 Å². The zero-order valence-corrected chi connectivity index (χ0v) is 16.8. The Morgan fingerprint density at radius 2 is 1.53 bits per heavy atom. The summed E-state index contributed by atoms with van der Waals surface area (Å²) in [5.41, 5.74) is 4.20. The molecule has 0 aliphatic carbocycles. The van der Waals surface area contributed by atoms with E-state index in [1.54, 1.807) is 12.1 Å². The highest BCUT2D eigenvalue weighted by Gasteiger charge is 2.12. The third-order valence-electron chi connectivity index (χ3n) is 4.85. The molecule has 30 heavy (non-hydrogen) atoms.